The molecule has 0 unspecified atom stereocenters. The molecule has 2 amide bonds. The second kappa shape index (κ2) is 8.37. The molecule has 0 spiro atoms. The zero-order valence-electron chi connectivity index (χ0n) is 13.9. The predicted octanol–water partition coefficient (Wildman–Crippen LogP) is 3.52. The van der Waals surface area contributed by atoms with Gasteiger partial charge in [0.15, 0.2) is 6.61 Å². The molecule has 2 rings (SSSR count). The van der Waals surface area contributed by atoms with Crippen LogP contribution in [0, 0.1) is 0 Å². The first kappa shape index (κ1) is 19.3. The van der Waals surface area contributed by atoms with Gasteiger partial charge < -0.3 is 15.4 Å². The molecule has 0 atom stereocenters. The van der Waals surface area contributed by atoms with Crippen LogP contribution in [-0.4, -0.2) is 24.6 Å². The Bertz CT molecular complexity index is 774. The molecule has 26 heavy (non-hydrogen) atoms. The Labute approximate surface area is 148 Å². The van der Waals surface area contributed by atoms with Crippen LogP contribution in [-0.2, 0) is 11.3 Å². The Morgan fingerprint density at radius 1 is 1.04 bits per heavy atom. The van der Waals surface area contributed by atoms with Crippen molar-refractivity contribution in [2.75, 3.05) is 11.9 Å². The lowest BCUT2D eigenvalue weighted by Gasteiger charge is -2.14. The molecule has 0 fully saturated rings. The smallest absolute Gasteiger partial charge is 0.422 e. The monoisotopic (exact) mass is 366 g/mol. The summed E-state index contributed by atoms with van der Waals surface area (Å²) in [5.74, 6) is -0.720. The van der Waals surface area contributed by atoms with E-state index in [1.807, 2.05) is 0 Å². The SMILES string of the molecule is CC(=O)NCc1ccc(C(=O)Nc2ccccc2OCC(F)(F)F)cc1. The number of para-hydroxylation sites is 2. The van der Waals surface area contributed by atoms with Crippen molar-refractivity contribution in [3.05, 3.63) is 59.7 Å². The summed E-state index contributed by atoms with van der Waals surface area (Å²) in [5.41, 5.74) is 1.27. The largest absolute Gasteiger partial charge is 0.482 e. The molecular weight excluding hydrogens is 349 g/mol. The van der Waals surface area contributed by atoms with E-state index in [2.05, 4.69) is 10.6 Å². The average molecular weight is 366 g/mol. The summed E-state index contributed by atoms with van der Waals surface area (Å²) >= 11 is 0. The minimum Gasteiger partial charge on any atom is -0.482 e. The van der Waals surface area contributed by atoms with Gasteiger partial charge in [-0.15, -0.1) is 0 Å². The van der Waals surface area contributed by atoms with Crippen LogP contribution in [0.4, 0.5) is 18.9 Å². The lowest BCUT2D eigenvalue weighted by Crippen LogP contribution is -2.20. The minimum absolute atomic E-state index is 0.0690. The van der Waals surface area contributed by atoms with Crippen LogP contribution in [0.15, 0.2) is 48.5 Å². The van der Waals surface area contributed by atoms with Gasteiger partial charge in [0, 0.05) is 19.0 Å². The molecule has 2 aromatic rings. The van der Waals surface area contributed by atoms with Crippen molar-refractivity contribution in [2.45, 2.75) is 19.6 Å². The summed E-state index contributed by atoms with van der Waals surface area (Å²) in [5, 5.41) is 5.17. The van der Waals surface area contributed by atoms with Crippen molar-refractivity contribution < 1.29 is 27.5 Å². The van der Waals surface area contributed by atoms with E-state index in [9.17, 15) is 22.8 Å². The van der Waals surface area contributed by atoms with Crippen molar-refractivity contribution in [3.8, 4) is 5.75 Å². The third kappa shape index (κ3) is 6.12. The highest BCUT2D eigenvalue weighted by atomic mass is 19.4. The number of benzene rings is 2. The highest BCUT2D eigenvalue weighted by Gasteiger charge is 2.28. The van der Waals surface area contributed by atoms with Crippen molar-refractivity contribution in [3.63, 3.8) is 0 Å². The number of halogens is 3. The molecule has 0 saturated heterocycles. The van der Waals surface area contributed by atoms with E-state index in [0.717, 1.165) is 5.56 Å². The molecular formula is C18H17F3N2O3. The molecule has 0 aliphatic carbocycles. The molecule has 2 aromatic carbocycles. The van der Waals surface area contributed by atoms with Gasteiger partial charge >= 0.3 is 6.18 Å². The average Bonchev–Trinajstić information content (AvgIpc) is 2.59. The van der Waals surface area contributed by atoms with E-state index in [0.29, 0.717) is 12.1 Å². The topological polar surface area (TPSA) is 67.4 Å². The summed E-state index contributed by atoms with van der Waals surface area (Å²) in [6.07, 6.45) is -4.47. The minimum atomic E-state index is -4.47. The number of rotatable bonds is 6. The molecule has 0 aliphatic heterocycles. The summed E-state index contributed by atoms with van der Waals surface area (Å²) < 4.78 is 41.7. The summed E-state index contributed by atoms with van der Waals surface area (Å²) in [6, 6.07) is 12.4. The highest BCUT2D eigenvalue weighted by molar-refractivity contribution is 6.05. The maximum atomic E-state index is 12.3. The van der Waals surface area contributed by atoms with Crippen molar-refractivity contribution in [2.24, 2.45) is 0 Å². The zero-order chi connectivity index (χ0) is 19.2. The molecule has 0 bridgehead atoms. The number of amides is 2. The van der Waals surface area contributed by atoms with Crippen LogP contribution < -0.4 is 15.4 Å². The van der Waals surface area contributed by atoms with Crippen molar-refractivity contribution in [1.29, 1.82) is 0 Å². The van der Waals surface area contributed by atoms with E-state index in [1.165, 1.54) is 25.1 Å². The van der Waals surface area contributed by atoms with Gasteiger partial charge in [0.25, 0.3) is 5.91 Å². The normalized spacial score (nSPS) is 10.9. The van der Waals surface area contributed by atoms with Crippen LogP contribution in [0.5, 0.6) is 5.75 Å². The Hall–Kier alpha value is -3.03. The fraction of sp³-hybridized carbons (Fsp3) is 0.222. The Morgan fingerprint density at radius 2 is 1.69 bits per heavy atom. The number of carbonyl (C=O) groups excluding carboxylic acids is 2. The van der Waals surface area contributed by atoms with E-state index in [-0.39, 0.29) is 17.3 Å². The van der Waals surface area contributed by atoms with Gasteiger partial charge in [-0.1, -0.05) is 24.3 Å². The second-order valence-electron chi connectivity index (χ2n) is 5.46. The van der Waals surface area contributed by atoms with Gasteiger partial charge in [0.1, 0.15) is 5.75 Å². The standard InChI is InChI=1S/C18H17F3N2O3/c1-12(24)22-10-13-6-8-14(9-7-13)17(25)23-15-4-2-3-5-16(15)26-11-18(19,20)21/h2-9H,10-11H2,1H3,(H,22,24)(H,23,25). The van der Waals surface area contributed by atoms with Crippen molar-refractivity contribution >= 4 is 17.5 Å². The first-order valence-corrected chi connectivity index (χ1v) is 7.68. The van der Waals surface area contributed by atoms with E-state index < -0.39 is 18.7 Å². The lowest BCUT2D eigenvalue weighted by atomic mass is 10.1. The maximum Gasteiger partial charge on any atom is 0.422 e. The fourth-order valence-electron chi connectivity index (χ4n) is 2.05. The Balaban J connectivity index is 2.04. The number of hydrogen-bond donors (Lipinski definition) is 2. The molecule has 0 radical (unpaired) electrons. The molecule has 0 aliphatic rings. The molecule has 2 N–H and O–H groups in total. The molecule has 0 saturated carbocycles. The predicted molar refractivity (Wildman–Crippen MR) is 89.9 cm³/mol. The zero-order valence-corrected chi connectivity index (χ0v) is 13.9. The van der Waals surface area contributed by atoms with Crippen LogP contribution in [0.25, 0.3) is 0 Å². The number of carbonyl (C=O) groups is 2. The number of nitrogens with one attached hydrogen (secondary N) is 2. The lowest BCUT2D eigenvalue weighted by molar-refractivity contribution is -0.153. The number of anilines is 1. The maximum absolute atomic E-state index is 12.3. The second-order valence-corrected chi connectivity index (χ2v) is 5.46. The van der Waals surface area contributed by atoms with E-state index in [1.54, 1.807) is 30.3 Å². The first-order valence-electron chi connectivity index (χ1n) is 7.68. The summed E-state index contributed by atoms with van der Waals surface area (Å²) in [6.45, 7) is 0.295. The summed E-state index contributed by atoms with van der Waals surface area (Å²) in [4.78, 5) is 23.2. The van der Waals surface area contributed by atoms with Crippen LogP contribution in [0.1, 0.15) is 22.8 Å². The van der Waals surface area contributed by atoms with Gasteiger partial charge in [-0.2, -0.15) is 13.2 Å². The van der Waals surface area contributed by atoms with Gasteiger partial charge in [0.05, 0.1) is 5.69 Å². The molecule has 138 valence electrons. The van der Waals surface area contributed by atoms with Gasteiger partial charge in [0.2, 0.25) is 5.91 Å². The first-order chi connectivity index (χ1) is 12.2. The van der Waals surface area contributed by atoms with Crippen LogP contribution >= 0.6 is 0 Å². The van der Waals surface area contributed by atoms with Gasteiger partial charge in [-0.25, -0.2) is 0 Å². The Morgan fingerprint density at radius 3 is 2.31 bits per heavy atom. The molecule has 5 nitrogen and oxygen atoms in total. The van der Waals surface area contributed by atoms with E-state index in [4.69, 9.17) is 4.74 Å². The molecule has 8 heteroatoms. The fourth-order valence-corrected chi connectivity index (χ4v) is 2.05. The van der Waals surface area contributed by atoms with Crippen LogP contribution in [0.2, 0.25) is 0 Å². The molecule has 0 aromatic heterocycles. The number of ether oxygens (including phenoxy) is 1. The molecule has 0 heterocycles. The third-order valence-electron chi connectivity index (χ3n) is 3.28. The number of hydrogen-bond acceptors (Lipinski definition) is 3. The van der Waals surface area contributed by atoms with Crippen molar-refractivity contribution in [1.82, 2.24) is 5.32 Å². The van der Waals surface area contributed by atoms with E-state index >= 15 is 0 Å². The third-order valence-corrected chi connectivity index (χ3v) is 3.28. The van der Waals surface area contributed by atoms with Gasteiger partial charge in [-0.3, -0.25) is 9.59 Å². The van der Waals surface area contributed by atoms with Gasteiger partial charge in [-0.05, 0) is 29.8 Å². The Kier molecular flexibility index (Phi) is 6.21. The number of alkyl halides is 3. The summed E-state index contributed by atoms with van der Waals surface area (Å²) in [7, 11) is 0. The quantitative estimate of drug-likeness (QED) is 0.822. The highest BCUT2D eigenvalue weighted by Crippen LogP contribution is 2.26. The van der Waals surface area contributed by atoms with Crippen LogP contribution in [0.3, 0.4) is 0 Å².